The summed E-state index contributed by atoms with van der Waals surface area (Å²) in [5.74, 6) is -0.720. The van der Waals surface area contributed by atoms with Gasteiger partial charge in [-0.05, 0) is 37.0 Å². The standard InChI is InChI=1S/C15H16N2O3/c1-9-3-2-4-11-10(9)7-8-17(15(11)20)12-5-6-13(18)16-14(12)19/h2-4,12H,5-8H2,1H3,(H,16,18,19). The van der Waals surface area contributed by atoms with Gasteiger partial charge >= 0.3 is 0 Å². The van der Waals surface area contributed by atoms with Crippen molar-refractivity contribution in [2.75, 3.05) is 6.54 Å². The second-order valence-electron chi connectivity index (χ2n) is 5.32. The number of aryl methyl sites for hydroxylation is 1. The van der Waals surface area contributed by atoms with Gasteiger partial charge in [0.25, 0.3) is 5.91 Å². The van der Waals surface area contributed by atoms with Gasteiger partial charge in [-0.15, -0.1) is 0 Å². The summed E-state index contributed by atoms with van der Waals surface area (Å²) in [7, 11) is 0. The molecular formula is C15H16N2O3. The molecule has 0 bridgehead atoms. The van der Waals surface area contributed by atoms with Crippen LogP contribution in [-0.4, -0.2) is 35.2 Å². The molecule has 1 N–H and O–H groups in total. The molecule has 1 atom stereocenters. The molecular weight excluding hydrogens is 256 g/mol. The number of amides is 3. The lowest BCUT2D eigenvalue weighted by Gasteiger charge is -2.36. The summed E-state index contributed by atoms with van der Waals surface area (Å²) in [6, 6.07) is 5.14. The summed E-state index contributed by atoms with van der Waals surface area (Å²) in [6.45, 7) is 2.52. The van der Waals surface area contributed by atoms with E-state index in [0.717, 1.165) is 17.5 Å². The summed E-state index contributed by atoms with van der Waals surface area (Å²) >= 11 is 0. The molecule has 1 aromatic carbocycles. The van der Waals surface area contributed by atoms with Crippen molar-refractivity contribution in [2.45, 2.75) is 32.2 Å². The molecule has 3 amide bonds. The summed E-state index contributed by atoms with van der Waals surface area (Å²) in [4.78, 5) is 37.3. The maximum Gasteiger partial charge on any atom is 0.254 e. The van der Waals surface area contributed by atoms with Gasteiger partial charge in [0.2, 0.25) is 11.8 Å². The number of nitrogens with zero attached hydrogens (tertiary/aromatic N) is 1. The highest BCUT2D eigenvalue weighted by molar-refractivity contribution is 6.04. The first kappa shape index (κ1) is 12.8. The van der Waals surface area contributed by atoms with Crippen LogP contribution in [0.2, 0.25) is 0 Å². The Morgan fingerprint density at radius 2 is 2.00 bits per heavy atom. The van der Waals surface area contributed by atoms with Gasteiger partial charge in [0.15, 0.2) is 0 Å². The van der Waals surface area contributed by atoms with Crippen molar-refractivity contribution in [1.29, 1.82) is 0 Å². The van der Waals surface area contributed by atoms with Crippen molar-refractivity contribution in [3.05, 3.63) is 34.9 Å². The lowest BCUT2D eigenvalue weighted by Crippen LogP contribution is -2.56. The Balaban J connectivity index is 1.89. The van der Waals surface area contributed by atoms with E-state index in [2.05, 4.69) is 5.32 Å². The number of carbonyl (C=O) groups excluding carboxylic acids is 3. The van der Waals surface area contributed by atoms with Crippen molar-refractivity contribution in [2.24, 2.45) is 0 Å². The number of imide groups is 1. The maximum atomic E-state index is 12.6. The fourth-order valence-corrected chi connectivity index (χ4v) is 3.00. The lowest BCUT2D eigenvalue weighted by atomic mass is 9.92. The molecule has 2 heterocycles. The van der Waals surface area contributed by atoms with Crippen LogP contribution in [0, 0.1) is 6.92 Å². The number of fused-ring (bicyclic) bond motifs is 1. The third-order valence-electron chi connectivity index (χ3n) is 4.09. The fourth-order valence-electron chi connectivity index (χ4n) is 3.00. The third-order valence-corrected chi connectivity index (χ3v) is 4.09. The molecule has 5 nitrogen and oxygen atoms in total. The molecule has 0 aromatic heterocycles. The largest absolute Gasteiger partial charge is 0.326 e. The van der Waals surface area contributed by atoms with E-state index in [1.165, 1.54) is 0 Å². The number of nitrogens with one attached hydrogen (secondary N) is 1. The summed E-state index contributed by atoms with van der Waals surface area (Å²) < 4.78 is 0. The van der Waals surface area contributed by atoms with E-state index >= 15 is 0 Å². The Morgan fingerprint density at radius 1 is 1.20 bits per heavy atom. The van der Waals surface area contributed by atoms with E-state index in [-0.39, 0.29) is 17.7 Å². The molecule has 1 unspecified atom stereocenters. The summed E-state index contributed by atoms with van der Waals surface area (Å²) in [5.41, 5.74) is 2.86. The van der Waals surface area contributed by atoms with Crippen LogP contribution in [0.25, 0.3) is 0 Å². The molecule has 0 aliphatic carbocycles. The smallest absolute Gasteiger partial charge is 0.254 e. The molecule has 104 valence electrons. The Kier molecular flexibility index (Phi) is 3.04. The average molecular weight is 272 g/mol. The molecule has 1 aromatic rings. The zero-order chi connectivity index (χ0) is 14.3. The number of benzene rings is 1. The Bertz CT molecular complexity index is 609. The maximum absolute atomic E-state index is 12.6. The molecule has 1 saturated heterocycles. The Labute approximate surface area is 116 Å². The minimum Gasteiger partial charge on any atom is -0.326 e. The zero-order valence-corrected chi connectivity index (χ0v) is 11.3. The lowest BCUT2D eigenvalue weighted by molar-refractivity contribution is -0.136. The number of hydrogen-bond donors (Lipinski definition) is 1. The van der Waals surface area contributed by atoms with Gasteiger partial charge in [0.05, 0.1) is 0 Å². The predicted octanol–water partition coefficient (Wildman–Crippen LogP) is 0.799. The monoisotopic (exact) mass is 272 g/mol. The first-order chi connectivity index (χ1) is 9.58. The second kappa shape index (κ2) is 4.74. The van der Waals surface area contributed by atoms with Crippen molar-refractivity contribution in [1.82, 2.24) is 10.2 Å². The molecule has 20 heavy (non-hydrogen) atoms. The third kappa shape index (κ3) is 1.99. The molecule has 1 fully saturated rings. The predicted molar refractivity (Wildman–Crippen MR) is 72.1 cm³/mol. The molecule has 3 rings (SSSR count). The van der Waals surface area contributed by atoms with E-state index in [0.29, 0.717) is 24.9 Å². The van der Waals surface area contributed by atoms with Crippen LogP contribution >= 0.6 is 0 Å². The number of piperidine rings is 1. The van der Waals surface area contributed by atoms with Gasteiger partial charge in [-0.2, -0.15) is 0 Å². The van der Waals surface area contributed by atoms with Crippen LogP contribution in [-0.2, 0) is 16.0 Å². The van der Waals surface area contributed by atoms with E-state index < -0.39 is 6.04 Å². The van der Waals surface area contributed by atoms with Gasteiger partial charge in [-0.1, -0.05) is 12.1 Å². The van der Waals surface area contributed by atoms with Crippen molar-refractivity contribution >= 4 is 17.7 Å². The summed E-state index contributed by atoms with van der Waals surface area (Å²) in [6.07, 6.45) is 1.46. The Hall–Kier alpha value is -2.17. The van der Waals surface area contributed by atoms with E-state index in [1.807, 2.05) is 25.1 Å². The van der Waals surface area contributed by atoms with Crippen molar-refractivity contribution < 1.29 is 14.4 Å². The number of rotatable bonds is 1. The second-order valence-corrected chi connectivity index (χ2v) is 5.32. The zero-order valence-electron chi connectivity index (χ0n) is 11.3. The minimum absolute atomic E-state index is 0.107. The SMILES string of the molecule is Cc1cccc2c1CCN(C1CCC(=O)NC1=O)C2=O. The van der Waals surface area contributed by atoms with Crippen LogP contribution in [0.3, 0.4) is 0 Å². The van der Waals surface area contributed by atoms with Gasteiger partial charge in [-0.3, -0.25) is 19.7 Å². The normalized spacial score (nSPS) is 22.6. The van der Waals surface area contributed by atoms with Crippen molar-refractivity contribution in [3.63, 3.8) is 0 Å². The highest BCUT2D eigenvalue weighted by Crippen LogP contribution is 2.25. The van der Waals surface area contributed by atoms with Crippen LogP contribution in [0.1, 0.15) is 34.3 Å². The first-order valence-corrected chi connectivity index (χ1v) is 6.81. The Morgan fingerprint density at radius 3 is 2.75 bits per heavy atom. The molecule has 2 aliphatic heterocycles. The highest BCUT2D eigenvalue weighted by atomic mass is 16.2. The molecule has 0 saturated carbocycles. The molecule has 2 aliphatic rings. The average Bonchev–Trinajstić information content (AvgIpc) is 2.41. The topological polar surface area (TPSA) is 66.5 Å². The van der Waals surface area contributed by atoms with Crippen LogP contribution in [0.4, 0.5) is 0 Å². The van der Waals surface area contributed by atoms with Gasteiger partial charge in [0.1, 0.15) is 6.04 Å². The molecule has 0 spiro atoms. The van der Waals surface area contributed by atoms with Gasteiger partial charge in [0, 0.05) is 18.5 Å². The molecule has 5 heteroatoms. The summed E-state index contributed by atoms with van der Waals surface area (Å²) in [5, 5.41) is 2.31. The number of carbonyl (C=O) groups is 3. The van der Waals surface area contributed by atoms with E-state index in [1.54, 1.807) is 4.90 Å². The highest BCUT2D eigenvalue weighted by Gasteiger charge is 2.37. The minimum atomic E-state index is -0.520. The fraction of sp³-hybridized carbons (Fsp3) is 0.400. The van der Waals surface area contributed by atoms with Crippen LogP contribution in [0.5, 0.6) is 0 Å². The van der Waals surface area contributed by atoms with Gasteiger partial charge in [-0.25, -0.2) is 0 Å². The van der Waals surface area contributed by atoms with E-state index in [9.17, 15) is 14.4 Å². The van der Waals surface area contributed by atoms with Gasteiger partial charge < -0.3 is 4.90 Å². The first-order valence-electron chi connectivity index (χ1n) is 6.81. The van der Waals surface area contributed by atoms with Crippen LogP contribution in [0.15, 0.2) is 18.2 Å². The van der Waals surface area contributed by atoms with Crippen molar-refractivity contribution in [3.8, 4) is 0 Å². The van der Waals surface area contributed by atoms with E-state index in [4.69, 9.17) is 0 Å². The number of hydrogen-bond acceptors (Lipinski definition) is 3. The quantitative estimate of drug-likeness (QED) is 0.769. The molecule has 0 radical (unpaired) electrons. The van der Waals surface area contributed by atoms with Crippen LogP contribution < -0.4 is 5.32 Å².